The zero-order valence-electron chi connectivity index (χ0n) is 19.7. The molecule has 0 N–H and O–H groups in total. The van der Waals surface area contributed by atoms with Crippen LogP contribution in [0.3, 0.4) is 0 Å². The molecule has 0 atom stereocenters. The Bertz CT molecular complexity index is 1970. The lowest BCUT2D eigenvalue weighted by Crippen LogP contribution is -1.90. The summed E-state index contributed by atoms with van der Waals surface area (Å²) in [5.41, 5.74) is 9.38. The zero-order valence-corrected chi connectivity index (χ0v) is 19.7. The summed E-state index contributed by atoms with van der Waals surface area (Å²) in [6.07, 6.45) is 10.6. The maximum absolute atomic E-state index is 5.83. The van der Waals surface area contributed by atoms with Gasteiger partial charge >= 0.3 is 0 Å². The van der Waals surface area contributed by atoms with Gasteiger partial charge in [-0.05, 0) is 48.5 Å². The number of hydrogen-bond acceptors (Lipinski definition) is 8. The molecule has 0 saturated heterocycles. The van der Waals surface area contributed by atoms with E-state index in [1.54, 1.807) is 24.8 Å². The van der Waals surface area contributed by atoms with Crippen molar-refractivity contribution >= 4 is 44.1 Å². The van der Waals surface area contributed by atoms with Crippen LogP contribution in [-0.2, 0) is 0 Å². The molecule has 38 heavy (non-hydrogen) atoms. The molecule has 8 aromatic rings. The number of hydrogen-bond donors (Lipinski definition) is 0. The zero-order chi connectivity index (χ0) is 25.1. The van der Waals surface area contributed by atoms with Crippen molar-refractivity contribution < 1.29 is 8.83 Å². The molecule has 0 unspecified atom stereocenters. The first kappa shape index (κ1) is 20.7. The Morgan fingerprint density at radius 2 is 1.18 bits per heavy atom. The molecular formula is C30H16N6O2. The highest BCUT2D eigenvalue weighted by Gasteiger charge is 2.13. The summed E-state index contributed by atoms with van der Waals surface area (Å²) in [6, 6.07) is 19.5. The van der Waals surface area contributed by atoms with Gasteiger partial charge in [-0.25, -0.2) is 4.98 Å². The highest BCUT2D eigenvalue weighted by Crippen LogP contribution is 2.31. The van der Waals surface area contributed by atoms with Gasteiger partial charge in [-0.3, -0.25) is 24.9 Å². The minimum absolute atomic E-state index is 0.705. The molecular weight excluding hydrogens is 476 g/mol. The van der Waals surface area contributed by atoms with Crippen molar-refractivity contribution in [2.75, 3.05) is 0 Å². The molecule has 8 heterocycles. The third-order valence-corrected chi connectivity index (χ3v) is 6.62. The predicted molar refractivity (Wildman–Crippen MR) is 144 cm³/mol. The minimum atomic E-state index is 0.705. The molecule has 0 spiro atoms. The number of nitrogens with zero attached hydrogens (tertiary/aromatic N) is 6. The molecule has 0 aliphatic heterocycles. The summed E-state index contributed by atoms with van der Waals surface area (Å²) >= 11 is 0. The van der Waals surface area contributed by atoms with E-state index in [1.807, 2.05) is 73.1 Å². The molecule has 0 radical (unpaired) electrons. The number of furan rings is 2. The SMILES string of the molecule is c1cnc2c(c1)oc1ccc(-c3ccc(-c4ccc(-c5cc6c(cn5)oc5cnccc56)nc4)cn3)nc12. The van der Waals surface area contributed by atoms with Crippen molar-refractivity contribution in [3.63, 3.8) is 0 Å². The van der Waals surface area contributed by atoms with Crippen LogP contribution in [-0.4, -0.2) is 29.9 Å². The minimum Gasteiger partial charge on any atom is -0.453 e. The van der Waals surface area contributed by atoms with E-state index in [0.29, 0.717) is 5.58 Å². The van der Waals surface area contributed by atoms with Crippen LogP contribution in [0.1, 0.15) is 0 Å². The lowest BCUT2D eigenvalue weighted by molar-refractivity contribution is 0.665. The van der Waals surface area contributed by atoms with Crippen molar-refractivity contribution in [3.8, 4) is 33.9 Å². The molecule has 0 aromatic carbocycles. The number of rotatable bonds is 3. The smallest absolute Gasteiger partial charge is 0.155 e. The van der Waals surface area contributed by atoms with Gasteiger partial charge in [-0.15, -0.1) is 0 Å². The molecule has 8 rings (SSSR count). The van der Waals surface area contributed by atoms with E-state index in [2.05, 4.69) is 24.9 Å². The fourth-order valence-corrected chi connectivity index (χ4v) is 4.72. The van der Waals surface area contributed by atoms with Gasteiger partial charge in [-0.2, -0.15) is 0 Å². The lowest BCUT2D eigenvalue weighted by Gasteiger charge is -2.05. The van der Waals surface area contributed by atoms with Gasteiger partial charge in [0.2, 0.25) is 0 Å². The van der Waals surface area contributed by atoms with Crippen LogP contribution in [0.5, 0.6) is 0 Å². The van der Waals surface area contributed by atoms with E-state index < -0.39 is 0 Å². The van der Waals surface area contributed by atoms with Gasteiger partial charge in [0, 0.05) is 46.7 Å². The van der Waals surface area contributed by atoms with Crippen LogP contribution >= 0.6 is 0 Å². The second-order valence-electron chi connectivity index (χ2n) is 8.90. The van der Waals surface area contributed by atoms with Gasteiger partial charge in [0.25, 0.3) is 0 Å². The summed E-state index contributed by atoms with van der Waals surface area (Å²) in [6.45, 7) is 0. The Hall–Kier alpha value is -5.50. The Balaban J connectivity index is 1.10. The van der Waals surface area contributed by atoms with E-state index >= 15 is 0 Å². The molecule has 8 nitrogen and oxygen atoms in total. The highest BCUT2D eigenvalue weighted by molar-refractivity contribution is 6.05. The van der Waals surface area contributed by atoms with E-state index in [-0.39, 0.29) is 0 Å². The molecule has 0 aliphatic rings. The predicted octanol–water partition coefficient (Wildman–Crippen LogP) is 6.86. The quantitative estimate of drug-likeness (QED) is 0.264. The summed E-state index contributed by atoms with van der Waals surface area (Å²) in [5.74, 6) is 0. The second kappa shape index (κ2) is 8.01. The van der Waals surface area contributed by atoms with Crippen LogP contribution in [0.4, 0.5) is 0 Å². The Labute approximate surface area is 214 Å². The maximum atomic E-state index is 5.83. The molecule has 0 fully saturated rings. The third-order valence-electron chi connectivity index (χ3n) is 6.62. The van der Waals surface area contributed by atoms with E-state index in [1.165, 1.54) is 0 Å². The third kappa shape index (κ3) is 3.24. The van der Waals surface area contributed by atoms with Gasteiger partial charge in [0.15, 0.2) is 22.3 Å². The molecule has 178 valence electrons. The number of aromatic nitrogens is 6. The van der Waals surface area contributed by atoms with Crippen LogP contribution < -0.4 is 0 Å². The van der Waals surface area contributed by atoms with Crippen molar-refractivity contribution in [1.82, 2.24) is 29.9 Å². The number of pyridine rings is 6. The summed E-state index contributed by atoms with van der Waals surface area (Å²) in [4.78, 5) is 27.2. The van der Waals surface area contributed by atoms with E-state index in [9.17, 15) is 0 Å². The number of fused-ring (bicyclic) bond motifs is 6. The Morgan fingerprint density at radius 1 is 0.474 bits per heavy atom. The first-order valence-corrected chi connectivity index (χ1v) is 12.0. The van der Waals surface area contributed by atoms with Crippen LogP contribution in [0.25, 0.3) is 78.0 Å². The molecule has 0 bridgehead atoms. The highest BCUT2D eigenvalue weighted by atomic mass is 16.3. The monoisotopic (exact) mass is 492 g/mol. The second-order valence-corrected chi connectivity index (χ2v) is 8.90. The van der Waals surface area contributed by atoms with E-state index in [4.69, 9.17) is 13.8 Å². The Morgan fingerprint density at radius 3 is 2.00 bits per heavy atom. The van der Waals surface area contributed by atoms with Crippen molar-refractivity contribution in [2.24, 2.45) is 0 Å². The van der Waals surface area contributed by atoms with Crippen LogP contribution in [0.2, 0.25) is 0 Å². The van der Waals surface area contributed by atoms with E-state index in [0.717, 1.165) is 72.5 Å². The first-order valence-electron chi connectivity index (χ1n) is 12.0. The van der Waals surface area contributed by atoms with Crippen LogP contribution in [0, 0.1) is 0 Å². The molecule has 0 saturated carbocycles. The standard InChI is InChI=1S/C30H16N6O2/c1-2-25-29(32-10-1)30-26(37-25)8-7-23(36-30)21-5-3-17(13-33-21)18-4-6-22(34-14-18)24-12-20-19-9-11-31-15-27(19)38-28(20)16-35-24/h1-16H. The van der Waals surface area contributed by atoms with Gasteiger partial charge in [0.1, 0.15) is 11.0 Å². The largest absolute Gasteiger partial charge is 0.453 e. The Kier molecular flexibility index (Phi) is 4.35. The lowest BCUT2D eigenvalue weighted by atomic mass is 10.1. The summed E-state index contributed by atoms with van der Waals surface area (Å²) in [5, 5.41) is 2.00. The van der Waals surface area contributed by atoms with Gasteiger partial charge in [-0.1, -0.05) is 12.1 Å². The molecule has 0 amide bonds. The molecule has 8 heteroatoms. The topological polar surface area (TPSA) is 104 Å². The molecule has 8 aromatic heterocycles. The molecule has 0 aliphatic carbocycles. The van der Waals surface area contributed by atoms with Gasteiger partial charge < -0.3 is 8.83 Å². The van der Waals surface area contributed by atoms with Gasteiger partial charge in [0.05, 0.1) is 35.2 Å². The summed E-state index contributed by atoms with van der Waals surface area (Å²) in [7, 11) is 0. The van der Waals surface area contributed by atoms with Crippen molar-refractivity contribution in [2.45, 2.75) is 0 Å². The average Bonchev–Trinajstić information content (AvgIpc) is 3.55. The first-order chi connectivity index (χ1) is 18.8. The average molecular weight is 492 g/mol. The summed E-state index contributed by atoms with van der Waals surface area (Å²) < 4.78 is 11.7. The van der Waals surface area contributed by atoms with Crippen molar-refractivity contribution in [3.05, 3.63) is 97.8 Å². The fraction of sp³-hybridized carbons (Fsp3) is 0. The van der Waals surface area contributed by atoms with Crippen molar-refractivity contribution in [1.29, 1.82) is 0 Å². The van der Waals surface area contributed by atoms with Crippen LogP contribution in [0.15, 0.2) is 107 Å². The normalized spacial score (nSPS) is 11.7. The maximum Gasteiger partial charge on any atom is 0.155 e. The fourth-order valence-electron chi connectivity index (χ4n) is 4.72.